The number of allylic oxidation sites excluding steroid dienone is 1. The minimum Gasteiger partial charge on any atom is -0.325 e. The summed E-state index contributed by atoms with van der Waals surface area (Å²) in [5.74, 6) is 0.519. The van der Waals surface area contributed by atoms with Crippen molar-refractivity contribution in [3.8, 4) is 11.4 Å². The van der Waals surface area contributed by atoms with Crippen molar-refractivity contribution in [1.82, 2.24) is 14.8 Å². The van der Waals surface area contributed by atoms with E-state index in [4.69, 9.17) is 0 Å². The number of nitrogens with one attached hydrogen (secondary N) is 1. The van der Waals surface area contributed by atoms with Gasteiger partial charge in [0.15, 0.2) is 11.0 Å². The summed E-state index contributed by atoms with van der Waals surface area (Å²) in [5, 5.41) is 22.9. The smallest absolute Gasteiger partial charge is 0.271 e. The molecule has 1 aromatic heterocycles. The van der Waals surface area contributed by atoms with Crippen LogP contribution in [0.2, 0.25) is 0 Å². The third-order valence-electron chi connectivity index (χ3n) is 4.45. The first-order valence-corrected chi connectivity index (χ1v) is 10.2. The Balaban J connectivity index is 1.75. The van der Waals surface area contributed by atoms with Gasteiger partial charge < -0.3 is 5.32 Å². The van der Waals surface area contributed by atoms with Gasteiger partial charge in [0.2, 0.25) is 5.91 Å². The van der Waals surface area contributed by atoms with E-state index >= 15 is 0 Å². The van der Waals surface area contributed by atoms with Gasteiger partial charge in [-0.2, -0.15) is 0 Å². The Morgan fingerprint density at radius 1 is 1.23 bits per heavy atom. The highest BCUT2D eigenvalue weighted by Crippen LogP contribution is 2.27. The fourth-order valence-electron chi connectivity index (χ4n) is 2.89. The fourth-order valence-corrected chi connectivity index (χ4v) is 3.63. The Hall–Kier alpha value is -3.46. The minimum atomic E-state index is -0.491. The number of non-ortho nitro benzene ring substituents is 1. The molecule has 1 heterocycles. The third-order valence-corrected chi connectivity index (χ3v) is 5.42. The van der Waals surface area contributed by atoms with E-state index < -0.39 is 4.92 Å². The first-order valence-electron chi connectivity index (χ1n) is 9.18. The normalized spacial score (nSPS) is 10.6. The fraction of sp³-hybridized carbons (Fsp3) is 0.190. The van der Waals surface area contributed by atoms with Crippen molar-refractivity contribution in [2.75, 3.05) is 11.1 Å². The van der Waals surface area contributed by atoms with Crippen LogP contribution in [-0.2, 0) is 11.3 Å². The van der Waals surface area contributed by atoms with E-state index in [0.29, 0.717) is 23.2 Å². The van der Waals surface area contributed by atoms with Crippen LogP contribution in [0.1, 0.15) is 11.1 Å². The highest BCUT2D eigenvalue weighted by molar-refractivity contribution is 7.99. The quantitative estimate of drug-likeness (QED) is 0.249. The van der Waals surface area contributed by atoms with E-state index in [2.05, 4.69) is 22.1 Å². The molecule has 0 aliphatic carbocycles. The highest BCUT2D eigenvalue weighted by atomic mass is 32.2. The van der Waals surface area contributed by atoms with Gasteiger partial charge in [-0.05, 0) is 25.0 Å². The number of benzene rings is 2. The molecule has 0 atom stereocenters. The molecule has 30 heavy (non-hydrogen) atoms. The number of aryl methyl sites for hydroxylation is 2. The van der Waals surface area contributed by atoms with E-state index in [1.54, 1.807) is 19.1 Å². The van der Waals surface area contributed by atoms with Gasteiger partial charge >= 0.3 is 0 Å². The van der Waals surface area contributed by atoms with Gasteiger partial charge in [0, 0.05) is 24.2 Å². The molecule has 0 spiro atoms. The molecule has 9 heteroatoms. The second kappa shape index (κ2) is 9.36. The van der Waals surface area contributed by atoms with E-state index in [0.717, 1.165) is 16.7 Å². The lowest BCUT2D eigenvalue weighted by atomic mass is 10.1. The first-order chi connectivity index (χ1) is 14.4. The number of carbonyl (C=O) groups excluding carboxylic acids is 1. The number of amides is 1. The molecule has 0 unspecified atom stereocenters. The van der Waals surface area contributed by atoms with E-state index in [1.807, 2.05) is 35.8 Å². The summed E-state index contributed by atoms with van der Waals surface area (Å²) in [6.45, 7) is 8.09. The van der Waals surface area contributed by atoms with Crippen molar-refractivity contribution < 1.29 is 9.72 Å². The van der Waals surface area contributed by atoms with Gasteiger partial charge in [0.05, 0.1) is 16.4 Å². The zero-order chi connectivity index (χ0) is 21.7. The summed E-state index contributed by atoms with van der Waals surface area (Å²) in [6.07, 6.45) is 1.75. The third kappa shape index (κ3) is 4.74. The van der Waals surface area contributed by atoms with Crippen molar-refractivity contribution in [3.63, 3.8) is 0 Å². The number of nitrogens with zero attached hydrogens (tertiary/aromatic N) is 4. The van der Waals surface area contributed by atoms with Gasteiger partial charge in [-0.15, -0.1) is 16.8 Å². The standard InChI is InChI=1S/C21H21N5O3S/c1-4-11-25-20(17-8-6-5-7-14(17)2)23-24-21(25)30-13-19(27)22-18-12-16(26(28)29)10-9-15(18)3/h4-10,12H,1,11,13H2,2-3H3,(H,22,27). The molecular weight excluding hydrogens is 402 g/mol. The summed E-state index contributed by atoms with van der Waals surface area (Å²) in [5.41, 5.74) is 3.14. The number of thioether (sulfide) groups is 1. The van der Waals surface area contributed by atoms with Crippen LogP contribution in [0.4, 0.5) is 11.4 Å². The second-order valence-electron chi connectivity index (χ2n) is 6.61. The number of rotatable bonds is 8. The Labute approximate surface area is 178 Å². The molecule has 0 fully saturated rings. The van der Waals surface area contributed by atoms with Crippen molar-refractivity contribution in [2.24, 2.45) is 0 Å². The summed E-state index contributed by atoms with van der Waals surface area (Å²) >= 11 is 1.25. The molecule has 0 saturated heterocycles. The number of carbonyl (C=O) groups is 1. The Bertz CT molecular complexity index is 1110. The van der Waals surface area contributed by atoms with Crippen molar-refractivity contribution in [2.45, 2.75) is 25.5 Å². The topological polar surface area (TPSA) is 103 Å². The van der Waals surface area contributed by atoms with Gasteiger partial charge in [-0.25, -0.2) is 0 Å². The lowest BCUT2D eigenvalue weighted by Gasteiger charge is -2.10. The van der Waals surface area contributed by atoms with E-state index in [9.17, 15) is 14.9 Å². The largest absolute Gasteiger partial charge is 0.325 e. The van der Waals surface area contributed by atoms with Crippen LogP contribution < -0.4 is 5.32 Å². The number of anilines is 1. The zero-order valence-corrected chi connectivity index (χ0v) is 17.5. The van der Waals surface area contributed by atoms with Crippen molar-refractivity contribution in [3.05, 3.63) is 76.4 Å². The van der Waals surface area contributed by atoms with Gasteiger partial charge in [0.1, 0.15) is 0 Å². The molecule has 2 aromatic carbocycles. The number of hydrogen-bond donors (Lipinski definition) is 1. The van der Waals surface area contributed by atoms with Crippen molar-refractivity contribution >= 4 is 29.0 Å². The lowest BCUT2D eigenvalue weighted by Crippen LogP contribution is -2.15. The molecule has 1 N–H and O–H groups in total. The average molecular weight is 423 g/mol. The number of nitro groups is 1. The molecule has 0 aliphatic heterocycles. The maximum atomic E-state index is 12.4. The van der Waals surface area contributed by atoms with Gasteiger partial charge in [-0.1, -0.05) is 48.2 Å². The number of aromatic nitrogens is 3. The Morgan fingerprint density at radius 2 is 2.00 bits per heavy atom. The van der Waals surface area contributed by atoms with Crippen LogP contribution in [0.5, 0.6) is 0 Å². The predicted molar refractivity (Wildman–Crippen MR) is 118 cm³/mol. The summed E-state index contributed by atoms with van der Waals surface area (Å²) < 4.78 is 1.91. The van der Waals surface area contributed by atoms with Crippen LogP contribution in [0.15, 0.2) is 60.3 Å². The molecule has 0 saturated carbocycles. The summed E-state index contributed by atoms with van der Waals surface area (Å²) in [4.78, 5) is 22.9. The molecule has 0 bridgehead atoms. The Kier molecular flexibility index (Phi) is 6.63. The average Bonchev–Trinajstić information content (AvgIpc) is 3.11. The van der Waals surface area contributed by atoms with Crippen LogP contribution >= 0.6 is 11.8 Å². The van der Waals surface area contributed by atoms with E-state index in [1.165, 1.54) is 23.9 Å². The second-order valence-corrected chi connectivity index (χ2v) is 7.56. The van der Waals surface area contributed by atoms with Crippen molar-refractivity contribution in [1.29, 1.82) is 0 Å². The zero-order valence-electron chi connectivity index (χ0n) is 16.7. The lowest BCUT2D eigenvalue weighted by molar-refractivity contribution is -0.384. The monoisotopic (exact) mass is 423 g/mol. The molecule has 0 radical (unpaired) electrons. The molecule has 3 rings (SSSR count). The SMILES string of the molecule is C=CCn1c(SCC(=O)Nc2cc([N+](=O)[O-])ccc2C)nnc1-c1ccccc1C. The number of hydrogen-bond acceptors (Lipinski definition) is 6. The molecule has 154 valence electrons. The maximum absolute atomic E-state index is 12.4. The summed E-state index contributed by atoms with van der Waals surface area (Å²) in [6, 6.07) is 12.3. The molecule has 8 nitrogen and oxygen atoms in total. The molecule has 1 amide bonds. The Morgan fingerprint density at radius 3 is 2.70 bits per heavy atom. The van der Waals surface area contributed by atoms with Crippen LogP contribution in [0, 0.1) is 24.0 Å². The molecular formula is C21H21N5O3S. The van der Waals surface area contributed by atoms with Crippen LogP contribution in [0.25, 0.3) is 11.4 Å². The van der Waals surface area contributed by atoms with Gasteiger partial charge in [0.25, 0.3) is 5.69 Å². The summed E-state index contributed by atoms with van der Waals surface area (Å²) in [7, 11) is 0. The minimum absolute atomic E-state index is 0.0721. The predicted octanol–water partition coefficient (Wildman–Crippen LogP) is 4.39. The van der Waals surface area contributed by atoms with E-state index in [-0.39, 0.29) is 17.3 Å². The highest BCUT2D eigenvalue weighted by Gasteiger charge is 2.17. The van der Waals surface area contributed by atoms with Gasteiger partial charge in [-0.3, -0.25) is 19.5 Å². The van der Waals surface area contributed by atoms with Crippen LogP contribution in [-0.4, -0.2) is 31.3 Å². The first kappa shape index (κ1) is 21.3. The maximum Gasteiger partial charge on any atom is 0.271 e. The molecule has 0 aliphatic rings. The molecule has 3 aromatic rings. The van der Waals surface area contributed by atoms with Crippen LogP contribution in [0.3, 0.4) is 0 Å². The number of nitro benzene ring substituents is 1.